The van der Waals surface area contributed by atoms with E-state index in [2.05, 4.69) is 33.5 Å². The van der Waals surface area contributed by atoms with Crippen LogP contribution in [-0.2, 0) is 16.6 Å². The molecule has 1 unspecified atom stereocenters. The number of likely N-dealkylation sites (N-methyl/N-ethyl adjacent to an activating group) is 1. The van der Waals surface area contributed by atoms with Crippen LogP contribution in [-0.4, -0.2) is 49.0 Å². The number of hydrogen-bond acceptors (Lipinski definition) is 4. The number of aryl methyl sites for hydroxylation is 1. The van der Waals surface area contributed by atoms with Gasteiger partial charge < -0.3 is 24.8 Å². The summed E-state index contributed by atoms with van der Waals surface area (Å²) in [6.45, 7) is 0.311. The van der Waals surface area contributed by atoms with Crippen molar-refractivity contribution >= 4 is 28.4 Å². The van der Waals surface area contributed by atoms with Crippen LogP contribution in [0.2, 0.25) is 0 Å². The van der Waals surface area contributed by atoms with Crippen LogP contribution in [0, 0.1) is 0 Å². The maximum absolute atomic E-state index is 12.4. The maximum atomic E-state index is 12.4. The Morgan fingerprint density at radius 2 is 1.86 bits per heavy atom. The lowest BCUT2D eigenvalue weighted by Crippen LogP contribution is -2.40. The molecule has 0 bridgehead atoms. The Morgan fingerprint density at radius 3 is 2.59 bits per heavy atom. The van der Waals surface area contributed by atoms with E-state index in [1.165, 1.54) is 0 Å². The number of ether oxygens (including phenoxy) is 1. The molecule has 1 atom stereocenters. The molecule has 152 valence electrons. The Bertz CT molecular complexity index is 1030. The molecule has 3 rings (SSSR count). The van der Waals surface area contributed by atoms with Crippen molar-refractivity contribution in [3.05, 3.63) is 60.3 Å². The van der Waals surface area contributed by atoms with Gasteiger partial charge in [0, 0.05) is 42.4 Å². The standard InChI is InChI=1S/C22H26N4O3/c1-25(2)20(18-14-26(3)19-11-6-5-10-17(18)19)13-23-21(27)22(28)24-15-8-7-9-16(12-15)29-4/h5-12,14,20H,13H2,1-4H3,(H,23,27)(H,24,28). The average Bonchev–Trinajstić information content (AvgIpc) is 3.04. The number of amides is 2. The number of methoxy groups -OCH3 is 1. The number of carbonyl (C=O) groups excluding carboxylic acids is 2. The summed E-state index contributed by atoms with van der Waals surface area (Å²) in [7, 11) is 7.45. The molecule has 0 saturated heterocycles. The summed E-state index contributed by atoms with van der Waals surface area (Å²) in [5, 5.41) is 6.47. The van der Waals surface area contributed by atoms with E-state index in [1.807, 2.05) is 38.2 Å². The van der Waals surface area contributed by atoms with Crippen molar-refractivity contribution in [3.63, 3.8) is 0 Å². The van der Waals surface area contributed by atoms with E-state index < -0.39 is 11.8 Å². The first-order chi connectivity index (χ1) is 13.9. The van der Waals surface area contributed by atoms with Gasteiger partial charge in [0.05, 0.1) is 13.2 Å². The van der Waals surface area contributed by atoms with Gasteiger partial charge in [0.2, 0.25) is 0 Å². The van der Waals surface area contributed by atoms with Crippen LogP contribution in [0.5, 0.6) is 5.75 Å². The lowest BCUT2D eigenvalue weighted by atomic mass is 10.0. The molecular formula is C22H26N4O3. The number of nitrogens with zero attached hydrogens (tertiary/aromatic N) is 2. The minimum atomic E-state index is -0.714. The summed E-state index contributed by atoms with van der Waals surface area (Å²) in [6.07, 6.45) is 2.07. The van der Waals surface area contributed by atoms with Crippen molar-refractivity contribution in [2.24, 2.45) is 7.05 Å². The monoisotopic (exact) mass is 394 g/mol. The number of aromatic nitrogens is 1. The summed E-state index contributed by atoms with van der Waals surface area (Å²) in [5.74, 6) is -0.791. The van der Waals surface area contributed by atoms with Gasteiger partial charge in [0.1, 0.15) is 5.75 Å². The molecule has 0 radical (unpaired) electrons. The van der Waals surface area contributed by atoms with E-state index in [0.717, 1.165) is 16.5 Å². The molecule has 1 heterocycles. The molecule has 0 saturated carbocycles. The van der Waals surface area contributed by atoms with Crippen LogP contribution >= 0.6 is 0 Å². The molecule has 0 aliphatic carbocycles. The Labute approximate surface area is 170 Å². The fourth-order valence-electron chi connectivity index (χ4n) is 3.37. The third-order valence-corrected chi connectivity index (χ3v) is 4.90. The molecule has 1 aromatic heterocycles. The van der Waals surface area contributed by atoms with Crippen LogP contribution in [0.25, 0.3) is 10.9 Å². The van der Waals surface area contributed by atoms with Crippen molar-refractivity contribution < 1.29 is 14.3 Å². The van der Waals surface area contributed by atoms with E-state index in [9.17, 15) is 9.59 Å². The fourth-order valence-corrected chi connectivity index (χ4v) is 3.37. The highest BCUT2D eigenvalue weighted by atomic mass is 16.5. The third kappa shape index (κ3) is 4.57. The lowest BCUT2D eigenvalue weighted by molar-refractivity contribution is -0.136. The smallest absolute Gasteiger partial charge is 0.313 e. The Morgan fingerprint density at radius 1 is 1.10 bits per heavy atom. The van der Waals surface area contributed by atoms with Gasteiger partial charge in [-0.25, -0.2) is 0 Å². The summed E-state index contributed by atoms with van der Waals surface area (Å²) in [6, 6.07) is 14.9. The van der Waals surface area contributed by atoms with E-state index >= 15 is 0 Å². The normalized spacial score (nSPS) is 12.0. The second-order valence-corrected chi connectivity index (χ2v) is 7.09. The van der Waals surface area contributed by atoms with E-state index in [1.54, 1.807) is 31.4 Å². The number of benzene rings is 2. The van der Waals surface area contributed by atoms with Crippen molar-refractivity contribution in [3.8, 4) is 5.75 Å². The number of para-hydroxylation sites is 1. The first kappa shape index (κ1) is 20.4. The number of rotatable bonds is 6. The number of anilines is 1. The first-order valence-electron chi connectivity index (χ1n) is 9.34. The fraction of sp³-hybridized carbons (Fsp3) is 0.273. The second-order valence-electron chi connectivity index (χ2n) is 7.09. The topological polar surface area (TPSA) is 75.6 Å². The zero-order valence-corrected chi connectivity index (χ0v) is 17.1. The first-order valence-corrected chi connectivity index (χ1v) is 9.34. The zero-order valence-electron chi connectivity index (χ0n) is 17.1. The van der Waals surface area contributed by atoms with Gasteiger partial charge >= 0.3 is 11.8 Å². The minimum absolute atomic E-state index is 0.0744. The number of fused-ring (bicyclic) bond motifs is 1. The quantitative estimate of drug-likeness (QED) is 0.630. The van der Waals surface area contributed by atoms with Gasteiger partial charge in [-0.15, -0.1) is 0 Å². The van der Waals surface area contributed by atoms with Crippen molar-refractivity contribution in [1.82, 2.24) is 14.8 Å². The number of nitrogens with one attached hydrogen (secondary N) is 2. The van der Waals surface area contributed by atoms with Crippen LogP contribution in [0.3, 0.4) is 0 Å². The SMILES string of the molecule is COc1cccc(NC(=O)C(=O)NCC(c2cn(C)c3ccccc23)N(C)C)c1. The van der Waals surface area contributed by atoms with Gasteiger partial charge in [0.15, 0.2) is 0 Å². The molecular weight excluding hydrogens is 368 g/mol. The molecule has 0 aliphatic heterocycles. The van der Waals surface area contributed by atoms with Gasteiger partial charge in [-0.3, -0.25) is 9.59 Å². The van der Waals surface area contributed by atoms with E-state index in [0.29, 0.717) is 18.0 Å². The summed E-state index contributed by atoms with van der Waals surface area (Å²) in [5.41, 5.74) is 2.72. The molecule has 0 spiro atoms. The molecule has 0 aliphatic rings. The molecule has 7 nitrogen and oxygen atoms in total. The van der Waals surface area contributed by atoms with Crippen LogP contribution < -0.4 is 15.4 Å². The summed E-state index contributed by atoms with van der Waals surface area (Å²) in [4.78, 5) is 26.6. The predicted octanol–water partition coefficient (Wildman–Crippen LogP) is 2.54. The molecule has 2 N–H and O–H groups in total. The lowest BCUT2D eigenvalue weighted by Gasteiger charge is -2.24. The van der Waals surface area contributed by atoms with Crippen LogP contribution in [0.4, 0.5) is 5.69 Å². The second kappa shape index (κ2) is 8.79. The average molecular weight is 394 g/mol. The highest BCUT2D eigenvalue weighted by molar-refractivity contribution is 6.39. The number of hydrogen-bond donors (Lipinski definition) is 2. The molecule has 29 heavy (non-hydrogen) atoms. The van der Waals surface area contributed by atoms with E-state index in [4.69, 9.17) is 4.74 Å². The van der Waals surface area contributed by atoms with Crippen LogP contribution in [0.15, 0.2) is 54.7 Å². The van der Waals surface area contributed by atoms with Gasteiger partial charge in [-0.2, -0.15) is 0 Å². The van der Waals surface area contributed by atoms with Crippen molar-refractivity contribution in [2.45, 2.75) is 6.04 Å². The van der Waals surface area contributed by atoms with Gasteiger partial charge in [-0.1, -0.05) is 24.3 Å². The van der Waals surface area contributed by atoms with Gasteiger partial charge in [0.25, 0.3) is 0 Å². The molecule has 2 amide bonds. The van der Waals surface area contributed by atoms with Crippen molar-refractivity contribution in [1.29, 1.82) is 0 Å². The highest BCUT2D eigenvalue weighted by Crippen LogP contribution is 2.28. The molecule has 0 fully saturated rings. The largest absolute Gasteiger partial charge is 0.497 e. The third-order valence-electron chi connectivity index (χ3n) is 4.90. The van der Waals surface area contributed by atoms with Crippen LogP contribution in [0.1, 0.15) is 11.6 Å². The van der Waals surface area contributed by atoms with E-state index in [-0.39, 0.29) is 6.04 Å². The maximum Gasteiger partial charge on any atom is 0.313 e. The Kier molecular flexibility index (Phi) is 6.19. The summed E-state index contributed by atoms with van der Waals surface area (Å²) < 4.78 is 7.20. The van der Waals surface area contributed by atoms with Crippen molar-refractivity contribution in [2.75, 3.05) is 33.1 Å². The minimum Gasteiger partial charge on any atom is -0.497 e. The van der Waals surface area contributed by atoms with Gasteiger partial charge in [-0.05, 0) is 37.9 Å². The highest BCUT2D eigenvalue weighted by Gasteiger charge is 2.22. The zero-order chi connectivity index (χ0) is 21.0. The Balaban J connectivity index is 1.70. The molecule has 3 aromatic rings. The number of carbonyl (C=O) groups is 2. The Hall–Kier alpha value is -3.32. The summed E-state index contributed by atoms with van der Waals surface area (Å²) >= 11 is 0. The molecule has 7 heteroatoms. The molecule has 2 aromatic carbocycles. The predicted molar refractivity (Wildman–Crippen MR) is 114 cm³/mol.